The van der Waals surface area contributed by atoms with E-state index in [0.717, 1.165) is 0 Å². The molecule has 3 aromatic rings. The lowest BCUT2D eigenvalue weighted by Gasteiger charge is -2.43. The van der Waals surface area contributed by atoms with Gasteiger partial charge in [0.05, 0.1) is 47.8 Å². The second-order valence-corrected chi connectivity index (χ2v) is 16.4. The molecule has 1 saturated heterocycles. The molecule has 0 spiro atoms. The molecule has 2 aliphatic carbocycles. The minimum Gasteiger partial charge on any atom is -0.507 e. The van der Waals surface area contributed by atoms with Crippen molar-refractivity contribution in [1.82, 2.24) is 9.87 Å². The van der Waals surface area contributed by atoms with Crippen molar-refractivity contribution in [3.05, 3.63) is 81.9 Å². The molecular weight excluding hydrogens is 814 g/mol. The molecule has 1 fully saturated rings. The lowest BCUT2D eigenvalue weighted by Crippen LogP contribution is -2.52. The van der Waals surface area contributed by atoms with Crippen molar-refractivity contribution in [2.24, 2.45) is 10.8 Å². The molecule has 56 heavy (non-hydrogen) atoms. The number of phenolic OH excluding ortho intramolecular Hbond substituents is 2. The summed E-state index contributed by atoms with van der Waals surface area (Å²) in [6.07, 6.45) is -4.89. The van der Waals surface area contributed by atoms with Crippen LogP contribution in [0.5, 0.6) is 23.0 Å². The molecule has 0 radical (unpaired) electrons. The normalized spacial score (nSPS) is 25.7. The van der Waals surface area contributed by atoms with E-state index in [1.165, 1.54) is 36.9 Å². The minimum atomic E-state index is -4.09. The Kier molecular flexibility index (Phi) is 13.7. The molecule has 7 N–H and O–H groups in total. The first kappa shape index (κ1) is 43.6. The topological polar surface area (TPSA) is 223 Å². The number of nitrogens with zero attached hydrogens (tertiary/aromatic N) is 2. The third kappa shape index (κ3) is 8.12. The van der Waals surface area contributed by atoms with Crippen LogP contribution in [0.15, 0.2) is 53.6 Å². The van der Waals surface area contributed by atoms with Crippen LogP contribution in [-0.4, -0.2) is 104 Å². The molecule has 15 nitrogen and oxygen atoms in total. The molecule has 1 aliphatic heterocycles. The monoisotopic (exact) mass is 856 g/mol. The van der Waals surface area contributed by atoms with E-state index < -0.39 is 84.5 Å². The number of fused-ring (bicyclic) bond motifs is 3. The summed E-state index contributed by atoms with van der Waals surface area (Å²) in [4.78, 5) is 28.0. The molecule has 3 aromatic carbocycles. The summed E-state index contributed by atoms with van der Waals surface area (Å²) < 4.78 is 39.5. The summed E-state index contributed by atoms with van der Waals surface area (Å²) in [5.41, 5.74) is 2.94. The summed E-state index contributed by atoms with van der Waals surface area (Å²) in [6, 6.07) is 12.0. The van der Waals surface area contributed by atoms with Gasteiger partial charge in [-0.1, -0.05) is 30.3 Å². The molecule has 3 aliphatic rings. The van der Waals surface area contributed by atoms with E-state index >= 15 is 0 Å². The van der Waals surface area contributed by atoms with Gasteiger partial charge in [0.2, 0.25) is 5.78 Å². The predicted molar refractivity (Wildman–Crippen MR) is 211 cm³/mol. The summed E-state index contributed by atoms with van der Waals surface area (Å²) in [5, 5.41) is 53.7. The van der Waals surface area contributed by atoms with Crippen molar-refractivity contribution >= 4 is 60.6 Å². The zero-order valence-electron chi connectivity index (χ0n) is 30.7. The lowest BCUT2D eigenvalue weighted by molar-refractivity contribution is -0.245. The summed E-state index contributed by atoms with van der Waals surface area (Å²) in [6.45, 7) is 3.26. The van der Waals surface area contributed by atoms with Crippen LogP contribution in [0.1, 0.15) is 75.8 Å². The number of aliphatic hydroxyl groups excluding tert-OH is 1. The second kappa shape index (κ2) is 17.6. The number of ether oxygens (including phenoxy) is 3. The highest BCUT2D eigenvalue weighted by Gasteiger charge is 2.49. The first-order valence-electron chi connectivity index (χ1n) is 17.6. The van der Waals surface area contributed by atoms with Gasteiger partial charge in [0, 0.05) is 66.8 Å². The number of rotatable bonds is 13. The number of ketones is 2. The maximum Gasteiger partial charge on any atom is 0.435 e. The largest absolute Gasteiger partial charge is 0.507 e. The van der Waals surface area contributed by atoms with Gasteiger partial charge < -0.3 is 44.9 Å². The Balaban J connectivity index is 0.00000600. The van der Waals surface area contributed by atoms with Crippen LogP contribution in [0.25, 0.3) is 0 Å². The second-order valence-electron chi connectivity index (χ2n) is 13.6. The number of nitrogens with two attached hydrogens (primary N) is 1. The van der Waals surface area contributed by atoms with Crippen LogP contribution in [0.2, 0.25) is 0 Å². The number of methoxy groups -OCH3 is 1. The highest BCUT2D eigenvalue weighted by atomic mass is 35.5. The predicted octanol–water partition coefficient (Wildman–Crippen LogP) is 4.79. The number of halogens is 3. The SMILES string of the molecule is COc1cccc2c1C(=O)c1c(O)c3c(c(O)c1C2=O)C[C@@](O)(/C(C)=N\NP(=O)(Oc1ccccc1)N(CCCl)CCCl)C[C@@H]3O[C@H]1C[C@H](N)[C@H](O)[C@H](C)O1.Cl. The summed E-state index contributed by atoms with van der Waals surface area (Å²) in [7, 11) is -2.75. The number of phenols is 2. The molecule has 1 heterocycles. The molecule has 19 heteroatoms. The van der Waals surface area contributed by atoms with Gasteiger partial charge in [0.25, 0.3) is 0 Å². The van der Waals surface area contributed by atoms with E-state index in [2.05, 4.69) is 10.3 Å². The van der Waals surface area contributed by atoms with Gasteiger partial charge in [-0.3, -0.25) is 9.59 Å². The van der Waals surface area contributed by atoms with E-state index in [1.807, 2.05) is 0 Å². The van der Waals surface area contributed by atoms with Crippen LogP contribution in [0, 0.1) is 0 Å². The van der Waals surface area contributed by atoms with E-state index in [9.17, 15) is 34.6 Å². The molecular formula is C37H44Cl3N4O11P. The van der Waals surface area contributed by atoms with E-state index in [1.54, 1.807) is 37.3 Å². The van der Waals surface area contributed by atoms with E-state index in [-0.39, 0.29) is 89.6 Å². The van der Waals surface area contributed by atoms with Gasteiger partial charge in [0.15, 0.2) is 12.1 Å². The number of hydrazone groups is 1. The molecule has 0 aromatic heterocycles. The zero-order valence-corrected chi connectivity index (χ0v) is 33.9. The number of hydrogen-bond donors (Lipinski definition) is 6. The standard InChI is InChI=1S/C37H43Cl2N4O11P.ClH/c1-19-32(44)24(40)16-27(52-19)53-26-18-37(49,20(2)41-42-55(50,43(14-12-38)15-13-39)54-21-8-5-4-6-9-21)17-23-29(26)36(48)31-30(34(23)46)33(45)22-10-7-11-25(51-3)28(22)35(31)47;/h4-11,19,24,26-27,32,44,46,48-49H,12-18,40H2,1-3H3,(H,42,50);1H/b41-20-;/t19-,24-,26-,27-,32+,37-,55?;/m0./s1. The fourth-order valence-electron chi connectivity index (χ4n) is 7.24. The zero-order chi connectivity index (χ0) is 39.8. The van der Waals surface area contributed by atoms with Crippen molar-refractivity contribution in [3.63, 3.8) is 0 Å². The average Bonchev–Trinajstić information content (AvgIpc) is 3.16. The molecule has 1 unspecified atom stereocenters. The third-order valence-electron chi connectivity index (χ3n) is 10.2. The molecule has 6 rings (SSSR count). The van der Waals surface area contributed by atoms with E-state index in [4.69, 9.17) is 47.7 Å². The van der Waals surface area contributed by atoms with Gasteiger partial charge in [0.1, 0.15) is 28.6 Å². The Morgan fingerprint density at radius 3 is 2.34 bits per heavy atom. The number of alkyl halides is 2. The summed E-state index contributed by atoms with van der Waals surface area (Å²) >= 11 is 12.1. The highest BCUT2D eigenvalue weighted by Crippen LogP contribution is 2.53. The average molecular weight is 858 g/mol. The maximum absolute atomic E-state index is 14.5. The smallest absolute Gasteiger partial charge is 0.435 e. The van der Waals surface area contributed by atoms with Gasteiger partial charge in [-0.2, -0.15) is 5.10 Å². The third-order valence-corrected chi connectivity index (χ3v) is 12.5. The molecule has 304 valence electrons. The number of carbonyl (C=O) groups excluding carboxylic acids is 2. The summed E-state index contributed by atoms with van der Waals surface area (Å²) in [5.74, 6) is -2.29. The Hall–Kier alpha value is -3.47. The highest BCUT2D eigenvalue weighted by molar-refractivity contribution is 7.54. The number of para-hydroxylation sites is 1. The van der Waals surface area contributed by atoms with Crippen LogP contribution in [-0.2, 0) is 20.5 Å². The number of aromatic hydroxyl groups is 2. The number of carbonyl (C=O) groups is 2. The number of benzene rings is 3. The Bertz CT molecular complexity index is 2030. The maximum atomic E-state index is 14.5. The van der Waals surface area contributed by atoms with E-state index in [0.29, 0.717) is 0 Å². The van der Waals surface area contributed by atoms with Gasteiger partial charge in [-0.15, -0.1) is 35.6 Å². The molecule has 0 amide bonds. The van der Waals surface area contributed by atoms with Crippen LogP contribution in [0.3, 0.4) is 0 Å². The van der Waals surface area contributed by atoms with Gasteiger partial charge in [-0.25, -0.2) is 14.4 Å². The fraction of sp³-hybridized carbons (Fsp3) is 0.432. The molecule has 0 bridgehead atoms. The van der Waals surface area contributed by atoms with Crippen LogP contribution >= 0.6 is 43.3 Å². The van der Waals surface area contributed by atoms with Crippen LogP contribution < -0.4 is 20.2 Å². The number of nitrogens with one attached hydrogen (secondary N) is 1. The molecule has 7 atom stereocenters. The first-order valence-corrected chi connectivity index (χ1v) is 20.2. The number of hydrogen-bond acceptors (Lipinski definition) is 13. The van der Waals surface area contributed by atoms with Crippen molar-refractivity contribution < 1.29 is 53.3 Å². The van der Waals surface area contributed by atoms with Gasteiger partial charge in [-0.05, 0) is 32.0 Å². The lowest BCUT2D eigenvalue weighted by atomic mass is 9.72. The number of aliphatic hydroxyl groups is 2. The fourth-order valence-corrected chi connectivity index (χ4v) is 9.58. The minimum absolute atomic E-state index is 0. The Morgan fingerprint density at radius 1 is 1.05 bits per heavy atom. The van der Waals surface area contributed by atoms with Crippen LogP contribution in [0.4, 0.5) is 0 Å². The Morgan fingerprint density at radius 2 is 1.71 bits per heavy atom. The first-order chi connectivity index (χ1) is 26.2. The quantitative estimate of drug-likeness (QED) is 0.0350. The Labute approximate surface area is 339 Å². The van der Waals surface area contributed by atoms with Crippen molar-refractivity contribution in [1.29, 1.82) is 0 Å². The van der Waals surface area contributed by atoms with Gasteiger partial charge >= 0.3 is 7.67 Å². The molecule has 0 saturated carbocycles. The van der Waals surface area contributed by atoms with Crippen molar-refractivity contribution in [2.45, 2.75) is 69.4 Å². The van der Waals surface area contributed by atoms with Crippen molar-refractivity contribution in [3.8, 4) is 23.0 Å². The van der Waals surface area contributed by atoms with Crippen molar-refractivity contribution in [2.75, 3.05) is 32.0 Å².